The Bertz CT molecular complexity index is 367. The lowest BCUT2D eigenvalue weighted by atomic mass is 10.1. The van der Waals surface area contributed by atoms with Gasteiger partial charge in [-0.3, -0.25) is 4.79 Å². The van der Waals surface area contributed by atoms with Gasteiger partial charge in [-0.2, -0.15) is 0 Å². The first-order valence-corrected chi connectivity index (χ1v) is 6.21. The molecule has 1 rings (SSSR count). The molecule has 0 saturated carbocycles. The Kier molecular flexibility index (Phi) is 5.82. The third-order valence-corrected chi connectivity index (χ3v) is 2.99. The molecular formula is C14H22N2O2. The van der Waals surface area contributed by atoms with Crippen LogP contribution in [0.3, 0.4) is 0 Å². The normalized spacial score (nSPS) is 14.0. The Morgan fingerprint density at radius 1 is 1.39 bits per heavy atom. The first-order valence-electron chi connectivity index (χ1n) is 6.21. The van der Waals surface area contributed by atoms with E-state index in [9.17, 15) is 4.79 Å². The molecule has 0 bridgehead atoms. The van der Waals surface area contributed by atoms with Crippen molar-refractivity contribution in [1.29, 1.82) is 0 Å². The minimum absolute atomic E-state index is 0.0299. The van der Waals surface area contributed by atoms with Crippen molar-refractivity contribution in [3.05, 3.63) is 35.9 Å². The molecule has 0 heterocycles. The molecule has 0 aromatic heterocycles. The van der Waals surface area contributed by atoms with Crippen molar-refractivity contribution in [3.63, 3.8) is 0 Å². The third-order valence-electron chi connectivity index (χ3n) is 2.99. The Morgan fingerprint density at radius 3 is 2.50 bits per heavy atom. The molecule has 2 atom stereocenters. The average molecular weight is 250 g/mol. The largest absolute Gasteiger partial charge is 0.383 e. The summed E-state index contributed by atoms with van der Waals surface area (Å²) in [6.07, 6.45) is 0. The van der Waals surface area contributed by atoms with Crippen molar-refractivity contribution in [1.82, 2.24) is 4.90 Å². The second-order valence-corrected chi connectivity index (χ2v) is 4.32. The van der Waals surface area contributed by atoms with Crippen LogP contribution in [0.1, 0.15) is 25.5 Å². The van der Waals surface area contributed by atoms with E-state index in [0.29, 0.717) is 13.2 Å². The van der Waals surface area contributed by atoms with Gasteiger partial charge in [-0.25, -0.2) is 0 Å². The van der Waals surface area contributed by atoms with Crippen LogP contribution in [-0.2, 0) is 9.53 Å². The Labute approximate surface area is 109 Å². The van der Waals surface area contributed by atoms with Crippen LogP contribution < -0.4 is 5.73 Å². The molecule has 0 aliphatic rings. The average Bonchev–Trinajstić information content (AvgIpc) is 2.40. The van der Waals surface area contributed by atoms with Crippen LogP contribution in [0.15, 0.2) is 30.3 Å². The minimum Gasteiger partial charge on any atom is -0.383 e. The summed E-state index contributed by atoms with van der Waals surface area (Å²) in [6, 6.07) is 8.85. The number of benzene rings is 1. The molecule has 1 aromatic rings. The Morgan fingerprint density at radius 2 is 2.00 bits per heavy atom. The molecular weight excluding hydrogens is 228 g/mol. The number of amides is 1. The topological polar surface area (TPSA) is 55.6 Å². The maximum atomic E-state index is 12.3. The van der Waals surface area contributed by atoms with Gasteiger partial charge in [0, 0.05) is 13.7 Å². The number of hydrogen-bond acceptors (Lipinski definition) is 3. The van der Waals surface area contributed by atoms with E-state index < -0.39 is 6.04 Å². The third kappa shape index (κ3) is 3.55. The standard InChI is InChI=1S/C14H22N2O2/c1-4-16(11(2)10-18-3)14(17)13(15)12-8-6-5-7-9-12/h5-9,11,13H,4,10,15H2,1-3H3/t11?,13-/m0/s1. The highest BCUT2D eigenvalue weighted by molar-refractivity contribution is 5.83. The van der Waals surface area contributed by atoms with Crippen molar-refractivity contribution < 1.29 is 9.53 Å². The lowest BCUT2D eigenvalue weighted by Gasteiger charge is -2.30. The number of rotatable bonds is 6. The summed E-state index contributed by atoms with van der Waals surface area (Å²) in [6.45, 7) is 5.05. The van der Waals surface area contributed by atoms with Crippen LogP contribution in [0.4, 0.5) is 0 Å². The number of ether oxygens (including phenoxy) is 1. The van der Waals surface area contributed by atoms with Crippen LogP contribution in [-0.4, -0.2) is 37.1 Å². The first kappa shape index (κ1) is 14.7. The van der Waals surface area contributed by atoms with Crippen LogP contribution in [0.25, 0.3) is 0 Å². The van der Waals surface area contributed by atoms with Gasteiger partial charge in [-0.05, 0) is 19.4 Å². The fourth-order valence-corrected chi connectivity index (χ4v) is 2.00. The predicted molar refractivity (Wildman–Crippen MR) is 72.1 cm³/mol. The molecule has 1 unspecified atom stereocenters. The van der Waals surface area contributed by atoms with Crippen molar-refractivity contribution in [2.45, 2.75) is 25.9 Å². The molecule has 18 heavy (non-hydrogen) atoms. The highest BCUT2D eigenvalue weighted by Gasteiger charge is 2.24. The molecule has 2 N–H and O–H groups in total. The van der Waals surface area contributed by atoms with E-state index >= 15 is 0 Å². The monoisotopic (exact) mass is 250 g/mol. The lowest BCUT2D eigenvalue weighted by molar-refractivity contribution is -0.135. The number of likely N-dealkylation sites (N-methyl/N-ethyl adjacent to an activating group) is 1. The number of nitrogens with two attached hydrogens (primary N) is 1. The smallest absolute Gasteiger partial charge is 0.244 e. The number of carbonyl (C=O) groups excluding carboxylic acids is 1. The minimum atomic E-state index is -0.606. The summed E-state index contributed by atoms with van der Waals surface area (Å²) in [5.74, 6) is -0.0618. The zero-order chi connectivity index (χ0) is 13.5. The van der Waals surface area contributed by atoms with E-state index in [2.05, 4.69) is 0 Å². The maximum Gasteiger partial charge on any atom is 0.244 e. The highest BCUT2D eigenvalue weighted by Crippen LogP contribution is 2.14. The van der Waals surface area contributed by atoms with Gasteiger partial charge in [-0.1, -0.05) is 30.3 Å². The molecule has 0 saturated heterocycles. The van der Waals surface area contributed by atoms with Gasteiger partial charge in [0.2, 0.25) is 5.91 Å². The van der Waals surface area contributed by atoms with Crippen LogP contribution in [0.5, 0.6) is 0 Å². The molecule has 1 aromatic carbocycles. The van der Waals surface area contributed by atoms with Gasteiger partial charge in [0.05, 0.1) is 12.6 Å². The van der Waals surface area contributed by atoms with Crippen LogP contribution in [0, 0.1) is 0 Å². The Balaban J connectivity index is 2.78. The first-order chi connectivity index (χ1) is 8.61. The molecule has 0 aliphatic heterocycles. The number of carbonyl (C=O) groups is 1. The van der Waals surface area contributed by atoms with Gasteiger partial charge < -0.3 is 15.4 Å². The van der Waals surface area contributed by atoms with Crippen molar-refractivity contribution in [3.8, 4) is 0 Å². The number of hydrogen-bond donors (Lipinski definition) is 1. The fourth-order valence-electron chi connectivity index (χ4n) is 2.00. The van der Waals surface area contributed by atoms with E-state index in [1.807, 2.05) is 44.2 Å². The summed E-state index contributed by atoms with van der Waals surface area (Å²) in [4.78, 5) is 14.1. The molecule has 0 aliphatic carbocycles. The predicted octanol–water partition coefficient (Wildman–Crippen LogP) is 1.57. The summed E-state index contributed by atoms with van der Waals surface area (Å²) < 4.78 is 5.09. The van der Waals surface area contributed by atoms with Gasteiger partial charge in [0.15, 0.2) is 0 Å². The molecule has 4 heteroatoms. The van der Waals surface area contributed by atoms with E-state index in [-0.39, 0.29) is 11.9 Å². The molecule has 0 radical (unpaired) electrons. The fraction of sp³-hybridized carbons (Fsp3) is 0.500. The Hall–Kier alpha value is -1.39. The van der Waals surface area contributed by atoms with E-state index in [0.717, 1.165) is 5.56 Å². The summed E-state index contributed by atoms with van der Waals surface area (Å²) in [5.41, 5.74) is 6.86. The second-order valence-electron chi connectivity index (χ2n) is 4.32. The van der Waals surface area contributed by atoms with E-state index in [4.69, 9.17) is 10.5 Å². The molecule has 0 fully saturated rings. The van der Waals surface area contributed by atoms with E-state index in [1.165, 1.54) is 0 Å². The van der Waals surface area contributed by atoms with Gasteiger partial charge >= 0.3 is 0 Å². The van der Waals surface area contributed by atoms with Gasteiger partial charge in [0.25, 0.3) is 0 Å². The lowest BCUT2D eigenvalue weighted by Crippen LogP contribution is -2.45. The quantitative estimate of drug-likeness (QED) is 0.833. The van der Waals surface area contributed by atoms with Crippen molar-refractivity contribution in [2.24, 2.45) is 5.73 Å². The SMILES string of the molecule is CCN(C(=O)[C@@H](N)c1ccccc1)C(C)COC. The molecule has 0 spiro atoms. The second kappa shape index (κ2) is 7.13. The highest BCUT2D eigenvalue weighted by atomic mass is 16.5. The molecule has 1 amide bonds. The number of methoxy groups -OCH3 is 1. The summed E-state index contributed by atoms with van der Waals surface area (Å²) in [5, 5.41) is 0. The van der Waals surface area contributed by atoms with Gasteiger partial charge in [-0.15, -0.1) is 0 Å². The summed E-state index contributed by atoms with van der Waals surface area (Å²) >= 11 is 0. The van der Waals surface area contributed by atoms with Crippen molar-refractivity contribution >= 4 is 5.91 Å². The zero-order valence-electron chi connectivity index (χ0n) is 11.3. The van der Waals surface area contributed by atoms with Crippen LogP contribution in [0.2, 0.25) is 0 Å². The summed E-state index contributed by atoms with van der Waals surface area (Å²) in [7, 11) is 1.63. The van der Waals surface area contributed by atoms with Crippen molar-refractivity contribution in [2.75, 3.05) is 20.3 Å². The van der Waals surface area contributed by atoms with Gasteiger partial charge in [0.1, 0.15) is 6.04 Å². The molecule has 100 valence electrons. The zero-order valence-corrected chi connectivity index (χ0v) is 11.3. The number of nitrogens with zero attached hydrogens (tertiary/aromatic N) is 1. The molecule has 4 nitrogen and oxygen atoms in total. The maximum absolute atomic E-state index is 12.3. The van der Waals surface area contributed by atoms with E-state index in [1.54, 1.807) is 12.0 Å². The van der Waals surface area contributed by atoms with Crippen LogP contribution >= 0.6 is 0 Å².